The van der Waals surface area contributed by atoms with Gasteiger partial charge in [-0.3, -0.25) is 19.9 Å². The van der Waals surface area contributed by atoms with Crippen LogP contribution in [0.3, 0.4) is 0 Å². The molecule has 218 valence electrons. The van der Waals surface area contributed by atoms with Gasteiger partial charge in [0.05, 0.1) is 28.6 Å². The fraction of sp³-hybridized carbons (Fsp3) is 0.0541. The minimum Gasteiger partial charge on any atom is -0.267 e. The van der Waals surface area contributed by atoms with E-state index in [4.69, 9.17) is 5.10 Å². The molecule has 6 aromatic carbocycles. The first kappa shape index (κ1) is 27.7. The van der Waals surface area contributed by atoms with Crippen molar-refractivity contribution in [2.45, 2.75) is 12.5 Å². The van der Waals surface area contributed by atoms with Gasteiger partial charge in [-0.1, -0.05) is 103 Å². The standard InChI is InChI=1S/C37H27N5O3/c43-37(32-16-8-9-17-34(32)42(44)45)39-38-24-25-18-20-29(21-19-25)41-35(23-33(40-41)26-10-2-1-3-11-26)36-30-14-6-4-12-27(30)22-28-13-5-7-15-31(28)36/h1-22,24,35H,23H2,(H,39,43). The smallest absolute Gasteiger partial charge is 0.267 e. The van der Waals surface area contributed by atoms with Crippen molar-refractivity contribution in [2.24, 2.45) is 10.2 Å². The molecule has 1 aliphatic rings. The maximum absolute atomic E-state index is 12.5. The second kappa shape index (κ2) is 11.9. The minimum atomic E-state index is -0.653. The summed E-state index contributed by atoms with van der Waals surface area (Å²) in [6.07, 6.45) is 2.25. The summed E-state index contributed by atoms with van der Waals surface area (Å²) < 4.78 is 0. The third kappa shape index (κ3) is 5.41. The van der Waals surface area contributed by atoms with Crippen LogP contribution < -0.4 is 10.4 Å². The van der Waals surface area contributed by atoms with E-state index in [1.807, 2.05) is 42.5 Å². The molecule has 1 atom stereocenters. The molecule has 1 unspecified atom stereocenters. The summed E-state index contributed by atoms with van der Waals surface area (Å²) in [7, 11) is 0. The van der Waals surface area contributed by atoms with Crippen LogP contribution in [0.25, 0.3) is 21.5 Å². The zero-order chi connectivity index (χ0) is 30.8. The molecule has 0 saturated carbocycles. The summed E-state index contributed by atoms with van der Waals surface area (Å²) in [5.41, 5.74) is 7.08. The Kier molecular flexibility index (Phi) is 7.29. The number of hydrogen-bond acceptors (Lipinski definition) is 6. The number of amides is 1. The Morgan fingerprint density at radius 1 is 0.822 bits per heavy atom. The number of nitro benzene ring substituents is 1. The van der Waals surface area contributed by atoms with E-state index in [1.54, 1.807) is 6.07 Å². The lowest BCUT2D eigenvalue weighted by Crippen LogP contribution is -2.19. The van der Waals surface area contributed by atoms with Crippen molar-refractivity contribution in [2.75, 3.05) is 5.01 Å². The van der Waals surface area contributed by atoms with Gasteiger partial charge in [0.25, 0.3) is 11.6 Å². The van der Waals surface area contributed by atoms with Gasteiger partial charge in [-0.05, 0) is 62.5 Å². The summed E-state index contributed by atoms with van der Waals surface area (Å²) in [5, 5.41) is 27.4. The van der Waals surface area contributed by atoms with Crippen molar-refractivity contribution in [3.8, 4) is 0 Å². The first-order chi connectivity index (χ1) is 22.1. The monoisotopic (exact) mass is 589 g/mol. The zero-order valence-corrected chi connectivity index (χ0v) is 24.1. The SMILES string of the molecule is O=C(NN=Cc1ccc(N2N=C(c3ccccc3)CC2c2c3ccccc3cc3ccccc23)cc1)c1ccccc1[N+](=O)[O-]. The number of nitrogens with zero attached hydrogens (tertiary/aromatic N) is 4. The fourth-order valence-electron chi connectivity index (χ4n) is 5.95. The van der Waals surface area contributed by atoms with Crippen LogP contribution in [0.2, 0.25) is 0 Å². The topological polar surface area (TPSA) is 100 Å². The average molecular weight is 590 g/mol. The van der Waals surface area contributed by atoms with E-state index in [1.165, 1.54) is 51.5 Å². The van der Waals surface area contributed by atoms with Crippen molar-refractivity contribution < 1.29 is 9.72 Å². The normalized spacial score (nSPS) is 14.6. The van der Waals surface area contributed by atoms with Crippen molar-refractivity contribution in [3.05, 3.63) is 166 Å². The number of carbonyl (C=O) groups is 1. The second-order valence-corrected chi connectivity index (χ2v) is 10.8. The number of rotatable bonds is 7. The van der Waals surface area contributed by atoms with Crippen LogP contribution in [-0.2, 0) is 0 Å². The van der Waals surface area contributed by atoms with E-state index in [2.05, 4.69) is 82.3 Å². The Balaban J connectivity index is 1.22. The van der Waals surface area contributed by atoms with Crippen LogP contribution in [-0.4, -0.2) is 22.8 Å². The fourth-order valence-corrected chi connectivity index (χ4v) is 5.95. The number of nitrogens with one attached hydrogen (secondary N) is 1. The number of benzene rings is 6. The lowest BCUT2D eigenvalue weighted by molar-refractivity contribution is -0.385. The van der Waals surface area contributed by atoms with Gasteiger partial charge in [-0.25, -0.2) is 5.43 Å². The summed E-state index contributed by atoms with van der Waals surface area (Å²) in [4.78, 5) is 23.2. The molecule has 0 aromatic heterocycles. The quantitative estimate of drug-likeness (QED) is 0.0882. The van der Waals surface area contributed by atoms with E-state index in [9.17, 15) is 14.9 Å². The molecule has 8 nitrogen and oxygen atoms in total. The second-order valence-electron chi connectivity index (χ2n) is 10.8. The molecular weight excluding hydrogens is 562 g/mol. The largest absolute Gasteiger partial charge is 0.282 e. The number of fused-ring (bicyclic) bond motifs is 2. The molecule has 7 rings (SSSR count). The van der Waals surface area contributed by atoms with E-state index < -0.39 is 10.8 Å². The molecule has 0 aliphatic carbocycles. The highest BCUT2D eigenvalue weighted by atomic mass is 16.6. The van der Waals surface area contributed by atoms with Crippen molar-refractivity contribution in [1.82, 2.24) is 5.43 Å². The average Bonchev–Trinajstić information content (AvgIpc) is 3.53. The Morgan fingerprint density at radius 3 is 2.13 bits per heavy atom. The van der Waals surface area contributed by atoms with E-state index in [0.717, 1.165) is 28.9 Å². The number of hydrazone groups is 2. The van der Waals surface area contributed by atoms with Gasteiger partial charge < -0.3 is 0 Å². The van der Waals surface area contributed by atoms with Crippen LogP contribution in [0.5, 0.6) is 0 Å². The van der Waals surface area contributed by atoms with Crippen LogP contribution in [0, 0.1) is 10.1 Å². The van der Waals surface area contributed by atoms with Crippen molar-refractivity contribution >= 4 is 50.8 Å². The van der Waals surface area contributed by atoms with Gasteiger partial charge in [0.1, 0.15) is 5.56 Å². The summed E-state index contributed by atoms with van der Waals surface area (Å²) >= 11 is 0. The van der Waals surface area contributed by atoms with Crippen molar-refractivity contribution in [3.63, 3.8) is 0 Å². The molecule has 1 N–H and O–H groups in total. The van der Waals surface area contributed by atoms with Gasteiger partial charge in [0.15, 0.2) is 0 Å². The third-order valence-electron chi connectivity index (χ3n) is 8.05. The van der Waals surface area contributed by atoms with E-state index in [-0.39, 0.29) is 17.3 Å². The Bertz CT molecular complexity index is 2070. The van der Waals surface area contributed by atoms with Crippen LogP contribution in [0.15, 0.2) is 144 Å². The zero-order valence-electron chi connectivity index (χ0n) is 24.1. The molecule has 1 amide bonds. The predicted molar refractivity (Wildman–Crippen MR) is 179 cm³/mol. The lowest BCUT2D eigenvalue weighted by Gasteiger charge is -2.26. The van der Waals surface area contributed by atoms with Gasteiger partial charge in [0, 0.05) is 12.5 Å². The molecular formula is C37H27N5O3. The van der Waals surface area contributed by atoms with Gasteiger partial charge >= 0.3 is 0 Å². The Hall–Kier alpha value is -6.15. The first-order valence-corrected chi connectivity index (χ1v) is 14.6. The molecule has 6 aromatic rings. The molecule has 0 saturated heterocycles. The van der Waals surface area contributed by atoms with E-state index >= 15 is 0 Å². The maximum Gasteiger partial charge on any atom is 0.282 e. The van der Waals surface area contributed by atoms with Gasteiger partial charge in [-0.15, -0.1) is 0 Å². The lowest BCUT2D eigenvalue weighted by atomic mass is 9.89. The Labute approximate surface area is 259 Å². The van der Waals surface area contributed by atoms with Crippen LogP contribution in [0.1, 0.15) is 39.5 Å². The molecule has 0 radical (unpaired) electrons. The highest BCUT2D eigenvalue weighted by Crippen LogP contribution is 2.43. The number of carbonyl (C=O) groups excluding carboxylic acids is 1. The number of para-hydroxylation sites is 1. The molecule has 0 fully saturated rings. The predicted octanol–water partition coefficient (Wildman–Crippen LogP) is 8.02. The third-order valence-corrected chi connectivity index (χ3v) is 8.05. The van der Waals surface area contributed by atoms with Gasteiger partial charge in [-0.2, -0.15) is 10.2 Å². The molecule has 8 heteroatoms. The van der Waals surface area contributed by atoms with Gasteiger partial charge in [0.2, 0.25) is 0 Å². The molecule has 1 aliphatic heterocycles. The molecule has 0 bridgehead atoms. The summed E-state index contributed by atoms with van der Waals surface area (Å²) in [5.74, 6) is -0.653. The highest BCUT2D eigenvalue weighted by molar-refractivity contribution is 6.07. The Morgan fingerprint density at radius 2 is 1.44 bits per heavy atom. The number of nitro groups is 1. The molecule has 0 spiro atoms. The van der Waals surface area contributed by atoms with Crippen LogP contribution in [0.4, 0.5) is 11.4 Å². The summed E-state index contributed by atoms with van der Waals surface area (Å²) in [6.45, 7) is 0. The molecule has 45 heavy (non-hydrogen) atoms. The highest BCUT2D eigenvalue weighted by Gasteiger charge is 2.32. The maximum atomic E-state index is 12.5. The van der Waals surface area contributed by atoms with E-state index in [0.29, 0.717) is 0 Å². The number of anilines is 1. The van der Waals surface area contributed by atoms with Crippen molar-refractivity contribution in [1.29, 1.82) is 0 Å². The molecule has 1 heterocycles. The first-order valence-electron chi connectivity index (χ1n) is 14.6. The number of hydrogen-bond donors (Lipinski definition) is 1. The minimum absolute atomic E-state index is 0.0447. The van der Waals surface area contributed by atoms with Crippen LogP contribution >= 0.6 is 0 Å². The summed E-state index contributed by atoms with van der Waals surface area (Å²) in [6, 6.07) is 43.0.